The summed E-state index contributed by atoms with van der Waals surface area (Å²) in [5, 5.41) is 0. The van der Waals surface area contributed by atoms with E-state index in [2.05, 4.69) is 30.3 Å². The van der Waals surface area contributed by atoms with Crippen LogP contribution in [0.5, 0.6) is 0 Å². The van der Waals surface area contributed by atoms with Gasteiger partial charge in [0.1, 0.15) is 0 Å². The normalized spacial score (nSPS) is 26.4. The fraction of sp³-hybridized carbons (Fsp3) is 0.611. The largest absolute Gasteiger partial charge is 0.341 e. The van der Waals surface area contributed by atoms with Crippen LogP contribution >= 0.6 is 0 Å². The highest BCUT2D eigenvalue weighted by atomic mass is 16.2. The van der Waals surface area contributed by atoms with Crippen molar-refractivity contribution in [3.63, 3.8) is 0 Å². The molecule has 3 atom stereocenters. The van der Waals surface area contributed by atoms with Crippen LogP contribution in [0.1, 0.15) is 50.0 Å². The molecule has 1 saturated carbocycles. The molecular weight excluding hydrogens is 260 g/mol. The van der Waals surface area contributed by atoms with Crippen LogP contribution in [0.3, 0.4) is 0 Å². The summed E-state index contributed by atoms with van der Waals surface area (Å²) in [5.41, 5.74) is 7.56. The van der Waals surface area contributed by atoms with E-state index >= 15 is 0 Å². The summed E-state index contributed by atoms with van der Waals surface area (Å²) in [6, 6.07) is 10.4. The first kappa shape index (κ1) is 14.6. The Labute approximate surface area is 127 Å². The number of likely N-dealkylation sites (tertiary alicyclic amines) is 1. The third-order valence-electron chi connectivity index (χ3n) is 4.98. The first-order valence-electron chi connectivity index (χ1n) is 8.35. The molecule has 0 bridgehead atoms. The predicted octanol–water partition coefficient (Wildman–Crippen LogP) is 2.91. The summed E-state index contributed by atoms with van der Waals surface area (Å²) in [4.78, 5) is 14.3. The minimum atomic E-state index is -0.292. The van der Waals surface area contributed by atoms with Gasteiger partial charge in [0, 0.05) is 13.1 Å². The minimum absolute atomic E-state index is 0.173. The Balaban J connectivity index is 1.42. The Morgan fingerprint density at radius 1 is 1.19 bits per heavy atom. The molecule has 2 aliphatic rings. The highest BCUT2D eigenvalue weighted by Crippen LogP contribution is 2.50. The van der Waals surface area contributed by atoms with E-state index in [9.17, 15) is 4.79 Å². The second-order valence-electron chi connectivity index (χ2n) is 6.58. The molecule has 1 aliphatic heterocycles. The second kappa shape index (κ2) is 6.61. The van der Waals surface area contributed by atoms with Crippen LogP contribution in [-0.2, 0) is 4.79 Å². The third kappa shape index (κ3) is 3.65. The van der Waals surface area contributed by atoms with Crippen molar-refractivity contribution >= 4 is 5.91 Å². The molecule has 1 aromatic rings. The Hall–Kier alpha value is -1.35. The molecule has 3 rings (SSSR count). The lowest BCUT2D eigenvalue weighted by atomic mass is 10.0. The molecular formula is C18H26N2O. The fourth-order valence-corrected chi connectivity index (χ4v) is 3.54. The van der Waals surface area contributed by atoms with Gasteiger partial charge in [0.2, 0.25) is 5.91 Å². The molecule has 3 heteroatoms. The quantitative estimate of drug-likeness (QED) is 0.904. The van der Waals surface area contributed by atoms with E-state index in [1.165, 1.54) is 18.4 Å². The van der Waals surface area contributed by atoms with Crippen molar-refractivity contribution in [3.05, 3.63) is 35.9 Å². The second-order valence-corrected chi connectivity index (χ2v) is 6.58. The van der Waals surface area contributed by atoms with Gasteiger partial charge in [-0.1, -0.05) is 30.3 Å². The number of benzene rings is 1. The highest BCUT2D eigenvalue weighted by Gasteiger charge is 2.38. The molecule has 1 aliphatic carbocycles. The smallest absolute Gasteiger partial charge is 0.239 e. The maximum absolute atomic E-state index is 12.3. The number of rotatable bonds is 5. The minimum Gasteiger partial charge on any atom is -0.341 e. The van der Waals surface area contributed by atoms with Crippen LogP contribution in [0.25, 0.3) is 0 Å². The van der Waals surface area contributed by atoms with Gasteiger partial charge in [-0.2, -0.15) is 0 Å². The molecule has 1 unspecified atom stereocenters. The highest BCUT2D eigenvalue weighted by molar-refractivity contribution is 5.81. The summed E-state index contributed by atoms with van der Waals surface area (Å²) in [5.74, 6) is 1.60. The van der Waals surface area contributed by atoms with Crippen LogP contribution in [0.2, 0.25) is 0 Å². The Bertz CT molecular complexity index is 467. The molecule has 114 valence electrons. The fourth-order valence-electron chi connectivity index (χ4n) is 3.54. The molecule has 0 spiro atoms. The number of amides is 1. The number of nitrogens with two attached hydrogens (primary N) is 1. The number of hydrogen-bond donors (Lipinski definition) is 1. The van der Waals surface area contributed by atoms with Crippen LogP contribution in [-0.4, -0.2) is 29.9 Å². The van der Waals surface area contributed by atoms with Crippen molar-refractivity contribution in [1.29, 1.82) is 0 Å². The lowest BCUT2D eigenvalue weighted by molar-refractivity contribution is -0.133. The first-order valence-corrected chi connectivity index (χ1v) is 8.35. The molecule has 0 aromatic heterocycles. The molecule has 21 heavy (non-hydrogen) atoms. The lowest BCUT2D eigenvalue weighted by Crippen LogP contribution is -2.45. The van der Waals surface area contributed by atoms with Crippen molar-refractivity contribution < 1.29 is 4.79 Å². The molecule has 0 radical (unpaired) electrons. The van der Waals surface area contributed by atoms with Gasteiger partial charge < -0.3 is 10.6 Å². The zero-order valence-corrected chi connectivity index (χ0v) is 12.7. The molecule has 2 N–H and O–H groups in total. The number of carbonyl (C=O) groups excluding carboxylic acids is 1. The van der Waals surface area contributed by atoms with E-state index in [0.717, 1.165) is 44.7 Å². The van der Waals surface area contributed by atoms with Crippen LogP contribution < -0.4 is 5.73 Å². The summed E-state index contributed by atoms with van der Waals surface area (Å²) < 4.78 is 0. The van der Waals surface area contributed by atoms with Gasteiger partial charge in [0.15, 0.2) is 0 Å². The van der Waals surface area contributed by atoms with Gasteiger partial charge >= 0.3 is 0 Å². The van der Waals surface area contributed by atoms with Gasteiger partial charge in [-0.15, -0.1) is 0 Å². The SMILES string of the molecule is NC(CC[C@H]1C[C@H]1c1ccccc1)C(=O)N1CCCCC1. The topological polar surface area (TPSA) is 46.3 Å². The Morgan fingerprint density at radius 3 is 2.62 bits per heavy atom. The molecule has 1 amide bonds. The van der Waals surface area contributed by atoms with E-state index in [1.54, 1.807) is 0 Å². The lowest BCUT2D eigenvalue weighted by Gasteiger charge is -2.29. The number of carbonyl (C=O) groups is 1. The Kier molecular flexibility index (Phi) is 4.59. The molecule has 1 aromatic carbocycles. The zero-order chi connectivity index (χ0) is 14.7. The third-order valence-corrected chi connectivity index (χ3v) is 4.98. The number of nitrogens with zero attached hydrogens (tertiary/aromatic N) is 1. The van der Waals surface area contributed by atoms with Crippen LogP contribution in [0.15, 0.2) is 30.3 Å². The monoisotopic (exact) mass is 286 g/mol. The van der Waals surface area contributed by atoms with Crippen molar-refractivity contribution in [2.75, 3.05) is 13.1 Å². The van der Waals surface area contributed by atoms with Crippen molar-refractivity contribution in [3.8, 4) is 0 Å². The molecule has 1 saturated heterocycles. The van der Waals surface area contributed by atoms with Gasteiger partial charge in [-0.05, 0) is 55.9 Å². The average molecular weight is 286 g/mol. The summed E-state index contributed by atoms with van der Waals surface area (Å²) >= 11 is 0. The van der Waals surface area contributed by atoms with E-state index in [4.69, 9.17) is 5.73 Å². The van der Waals surface area contributed by atoms with E-state index in [0.29, 0.717) is 5.92 Å². The van der Waals surface area contributed by atoms with Gasteiger partial charge in [0.05, 0.1) is 6.04 Å². The van der Waals surface area contributed by atoms with E-state index in [-0.39, 0.29) is 11.9 Å². The standard InChI is InChI=1S/C18H26N2O/c19-17(18(21)20-11-5-2-6-12-20)10-9-15-13-16(15)14-7-3-1-4-8-14/h1,3-4,7-8,15-17H,2,5-6,9-13,19H2/t15-,16-,17?/m0/s1. The average Bonchev–Trinajstić information content (AvgIpc) is 3.33. The zero-order valence-electron chi connectivity index (χ0n) is 12.7. The first-order chi connectivity index (χ1) is 10.3. The molecule has 1 heterocycles. The number of hydrogen-bond acceptors (Lipinski definition) is 2. The predicted molar refractivity (Wildman–Crippen MR) is 84.9 cm³/mol. The maximum Gasteiger partial charge on any atom is 0.239 e. The summed E-state index contributed by atoms with van der Waals surface area (Å²) in [6.07, 6.45) is 6.70. The Morgan fingerprint density at radius 2 is 1.90 bits per heavy atom. The summed E-state index contributed by atoms with van der Waals surface area (Å²) in [6.45, 7) is 1.81. The molecule has 3 nitrogen and oxygen atoms in total. The van der Waals surface area contributed by atoms with E-state index < -0.39 is 0 Å². The van der Waals surface area contributed by atoms with Crippen molar-refractivity contribution in [1.82, 2.24) is 4.90 Å². The van der Waals surface area contributed by atoms with Crippen molar-refractivity contribution in [2.24, 2.45) is 11.7 Å². The van der Waals surface area contributed by atoms with Crippen molar-refractivity contribution in [2.45, 2.75) is 50.5 Å². The molecule has 2 fully saturated rings. The number of piperidine rings is 1. The van der Waals surface area contributed by atoms with Crippen LogP contribution in [0.4, 0.5) is 0 Å². The van der Waals surface area contributed by atoms with Gasteiger partial charge in [-0.25, -0.2) is 0 Å². The van der Waals surface area contributed by atoms with Gasteiger partial charge in [-0.3, -0.25) is 4.79 Å². The summed E-state index contributed by atoms with van der Waals surface area (Å²) in [7, 11) is 0. The van der Waals surface area contributed by atoms with Gasteiger partial charge in [0.25, 0.3) is 0 Å². The van der Waals surface area contributed by atoms with E-state index in [1.807, 2.05) is 4.90 Å². The van der Waals surface area contributed by atoms with Crippen LogP contribution in [0, 0.1) is 5.92 Å². The maximum atomic E-state index is 12.3.